The van der Waals surface area contributed by atoms with E-state index < -0.39 is 13.9 Å². The first-order valence-corrected chi connectivity index (χ1v) is 23.3. The molecule has 0 N–H and O–H groups in total. The molecule has 0 aliphatic carbocycles. The quantitative estimate of drug-likeness (QED) is 0.0201. The Morgan fingerprint density at radius 3 is 1.55 bits per heavy atom. The molecule has 0 aromatic rings. The molecule has 0 saturated carbocycles. The number of carbonyl (C=O) groups excluding carboxylic acids is 1. The highest BCUT2D eigenvalue weighted by atomic mass is 31.2. The Morgan fingerprint density at radius 2 is 1.04 bits per heavy atom. The fourth-order valence-electron chi connectivity index (χ4n) is 5.34. The second-order valence-electron chi connectivity index (χ2n) is 15.3. The van der Waals surface area contributed by atoms with Gasteiger partial charge in [-0.3, -0.25) is 9.36 Å². The van der Waals surface area contributed by atoms with Crippen molar-refractivity contribution in [2.24, 2.45) is 0 Å². The lowest BCUT2D eigenvalue weighted by molar-refractivity contribution is -0.870. The highest BCUT2D eigenvalue weighted by Crippen LogP contribution is 2.38. The maximum absolute atomic E-state index is 12.7. The van der Waals surface area contributed by atoms with Crippen molar-refractivity contribution in [3.05, 3.63) is 85.1 Å². The monoisotopic (exact) mass is 804 g/mol. The molecule has 2 unspecified atom stereocenters. The van der Waals surface area contributed by atoms with Crippen LogP contribution in [-0.2, 0) is 27.9 Å². The molecule has 9 heteroatoms. The summed E-state index contributed by atoms with van der Waals surface area (Å²) >= 11 is 0. The Hall–Kier alpha value is -2.32. The molecule has 322 valence electrons. The summed E-state index contributed by atoms with van der Waals surface area (Å²) in [5.41, 5.74) is 0. The molecular weight excluding hydrogens is 721 g/mol. The Kier molecular flexibility index (Phi) is 37.9. The van der Waals surface area contributed by atoms with Gasteiger partial charge in [-0.1, -0.05) is 150 Å². The molecule has 8 nitrogen and oxygen atoms in total. The fraction of sp³-hybridized carbons (Fsp3) is 0.681. The van der Waals surface area contributed by atoms with E-state index in [1.165, 1.54) is 51.4 Å². The number of likely N-dealkylation sites (N-methyl/N-ethyl adjacent to an activating group) is 1. The smallest absolute Gasteiger partial charge is 0.306 e. The molecule has 0 saturated heterocycles. The van der Waals surface area contributed by atoms with E-state index in [1.54, 1.807) is 0 Å². The van der Waals surface area contributed by atoms with E-state index in [4.69, 9.17) is 18.5 Å². The highest BCUT2D eigenvalue weighted by Gasteiger charge is 2.20. The van der Waals surface area contributed by atoms with Crippen LogP contribution in [0.3, 0.4) is 0 Å². The number of ether oxygens (including phenoxy) is 2. The third kappa shape index (κ3) is 42.8. The van der Waals surface area contributed by atoms with E-state index in [1.807, 2.05) is 21.1 Å². The van der Waals surface area contributed by atoms with E-state index in [9.17, 15) is 14.3 Å². The lowest BCUT2D eigenvalue weighted by Crippen LogP contribution is -2.37. The SMILES string of the molecule is CC/C=C\C/C=C\C/C=C\C/C=C\C/C=C\CCOCC(COP(=O)([O-])OCC[N+](C)(C)C)OC(=O)CCCCCCCCC/C=C\C/C=C\CCCCCC. The van der Waals surface area contributed by atoms with Crippen LogP contribution in [0.1, 0.15) is 149 Å². The number of hydrogen-bond donors (Lipinski definition) is 0. The van der Waals surface area contributed by atoms with Gasteiger partial charge in [0.05, 0.1) is 41.0 Å². The van der Waals surface area contributed by atoms with Gasteiger partial charge in [0.2, 0.25) is 0 Å². The van der Waals surface area contributed by atoms with Crippen molar-refractivity contribution in [2.45, 2.75) is 155 Å². The van der Waals surface area contributed by atoms with E-state index in [2.05, 4.69) is 98.9 Å². The average Bonchev–Trinajstić information content (AvgIpc) is 3.15. The predicted octanol–water partition coefficient (Wildman–Crippen LogP) is 12.2. The number of phosphoric acid groups is 1. The Balaban J connectivity index is 4.38. The average molecular weight is 804 g/mol. The van der Waals surface area contributed by atoms with Crippen LogP contribution in [0.2, 0.25) is 0 Å². The van der Waals surface area contributed by atoms with Gasteiger partial charge >= 0.3 is 5.97 Å². The molecule has 0 bridgehead atoms. The Morgan fingerprint density at radius 1 is 0.571 bits per heavy atom. The first-order chi connectivity index (χ1) is 27.1. The van der Waals surface area contributed by atoms with Gasteiger partial charge in [0.15, 0.2) is 0 Å². The summed E-state index contributed by atoms with van der Waals surface area (Å²) in [5.74, 6) is -0.371. The second kappa shape index (κ2) is 39.5. The summed E-state index contributed by atoms with van der Waals surface area (Å²) in [6.45, 7) is 5.01. The first-order valence-electron chi connectivity index (χ1n) is 21.8. The number of carbonyl (C=O) groups is 1. The summed E-state index contributed by atoms with van der Waals surface area (Å²) in [7, 11) is 1.29. The van der Waals surface area contributed by atoms with Gasteiger partial charge in [-0.2, -0.15) is 0 Å². The predicted molar refractivity (Wildman–Crippen MR) is 235 cm³/mol. The standard InChI is InChI=1S/C47H82NO7P/c1-6-8-10-12-14-16-18-20-22-24-25-26-28-30-32-34-36-38-40-47(49)55-46(45-54-56(50,51)53-43-41-48(3,4)5)44-52-42-39-37-35-33-31-29-27-23-21-19-17-15-13-11-9-7-2/h9,11,15-18,21-24,29,31,35,37,46H,6-8,10,12-14,19-20,25-28,30,32-34,36,38-45H2,1-5H3/b11-9-,17-15-,18-16-,23-21-,24-22-,31-29-,37-35-. The second-order valence-corrected chi connectivity index (χ2v) is 16.7. The van der Waals surface area contributed by atoms with E-state index in [-0.39, 0.29) is 32.2 Å². The zero-order chi connectivity index (χ0) is 41.3. The van der Waals surface area contributed by atoms with Crippen LogP contribution < -0.4 is 4.89 Å². The Labute approximate surface area is 344 Å². The number of hydrogen-bond acceptors (Lipinski definition) is 7. The Bertz CT molecular complexity index is 1170. The zero-order valence-electron chi connectivity index (χ0n) is 36.3. The number of phosphoric ester groups is 1. The van der Waals surface area contributed by atoms with E-state index in [0.29, 0.717) is 24.1 Å². The molecule has 0 radical (unpaired) electrons. The topological polar surface area (TPSA) is 94.1 Å². The number of unbranched alkanes of at least 4 members (excludes halogenated alkanes) is 11. The number of rotatable bonds is 39. The molecule has 0 aliphatic rings. The number of esters is 1. The maximum Gasteiger partial charge on any atom is 0.306 e. The minimum absolute atomic E-state index is 0.00665. The van der Waals surface area contributed by atoms with Crippen LogP contribution >= 0.6 is 7.82 Å². The van der Waals surface area contributed by atoms with Gasteiger partial charge < -0.3 is 27.9 Å². The van der Waals surface area contributed by atoms with Gasteiger partial charge in [0.1, 0.15) is 19.3 Å². The van der Waals surface area contributed by atoms with Crippen molar-refractivity contribution in [3.63, 3.8) is 0 Å². The summed E-state index contributed by atoms with van der Waals surface area (Å²) in [6, 6.07) is 0. The zero-order valence-corrected chi connectivity index (χ0v) is 37.2. The summed E-state index contributed by atoms with van der Waals surface area (Å²) < 4.78 is 34.4. The molecule has 0 aromatic carbocycles. The van der Waals surface area contributed by atoms with Crippen LogP contribution in [-0.4, -0.2) is 70.7 Å². The number of quaternary nitrogens is 1. The van der Waals surface area contributed by atoms with Crippen LogP contribution in [0.15, 0.2) is 85.1 Å². The van der Waals surface area contributed by atoms with Crippen molar-refractivity contribution >= 4 is 13.8 Å². The van der Waals surface area contributed by atoms with Gasteiger partial charge in [-0.05, 0) is 77.0 Å². The molecule has 0 aromatic heterocycles. The molecule has 0 amide bonds. The minimum Gasteiger partial charge on any atom is -0.756 e. The van der Waals surface area contributed by atoms with Crippen LogP contribution in [0.5, 0.6) is 0 Å². The molecular formula is C47H82NO7P. The lowest BCUT2D eigenvalue weighted by Gasteiger charge is -2.28. The fourth-order valence-corrected chi connectivity index (χ4v) is 6.07. The lowest BCUT2D eigenvalue weighted by atomic mass is 10.1. The molecule has 0 heterocycles. The normalized spacial score (nSPS) is 14.6. The van der Waals surface area contributed by atoms with Crippen molar-refractivity contribution < 1.29 is 37.3 Å². The summed E-state index contributed by atoms with van der Waals surface area (Å²) in [6.07, 6.45) is 51.9. The minimum atomic E-state index is -4.55. The maximum atomic E-state index is 12.7. The highest BCUT2D eigenvalue weighted by molar-refractivity contribution is 7.45. The molecule has 0 fully saturated rings. The van der Waals surface area contributed by atoms with Crippen LogP contribution in [0, 0.1) is 0 Å². The number of nitrogens with zero attached hydrogens (tertiary/aromatic N) is 1. The van der Waals surface area contributed by atoms with Gasteiger partial charge in [-0.15, -0.1) is 0 Å². The molecule has 0 rings (SSSR count). The molecule has 2 atom stereocenters. The first kappa shape index (κ1) is 53.7. The number of allylic oxidation sites excluding steroid dienone is 13. The van der Waals surface area contributed by atoms with E-state index >= 15 is 0 Å². The van der Waals surface area contributed by atoms with Crippen molar-refractivity contribution in [3.8, 4) is 0 Å². The molecule has 0 spiro atoms. The third-order valence-corrected chi connectivity index (χ3v) is 9.66. The van der Waals surface area contributed by atoms with Crippen molar-refractivity contribution in [1.82, 2.24) is 0 Å². The summed E-state index contributed by atoms with van der Waals surface area (Å²) in [4.78, 5) is 25.0. The van der Waals surface area contributed by atoms with Crippen LogP contribution in [0.25, 0.3) is 0 Å². The summed E-state index contributed by atoms with van der Waals surface area (Å²) in [5, 5.41) is 0. The third-order valence-electron chi connectivity index (χ3n) is 8.70. The van der Waals surface area contributed by atoms with Gasteiger partial charge in [-0.25, -0.2) is 0 Å². The largest absolute Gasteiger partial charge is 0.756 e. The molecule has 0 aliphatic heterocycles. The van der Waals surface area contributed by atoms with E-state index in [0.717, 1.165) is 70.6 Å². The van der Waals surface area contributed by atoms with Gasteiger partial charge in [0, 0.05) is 6.42 Å². The molecule has 56 heavy (non-hydrogen) atoms. The van der Waals surface area contributed by atoms with Crippen molar-refractivity contribution in [1.29, 1.82) is 0 Å². The van der Waals surface area contributed by atoms with Crippen LogP contribution in [0.4, 0.5) is 0 Å². The van der Waals surface area contributed by atoms with Crippen molar-refractivity contribution in [2.75, 3.05) is 54.1 Å². The van der Waals surface area contributed by atoms with Gasteiger partial charge in [0.25, 0.3) is 7.82 Å².